The van der Waals surface area contributed by atoms with E-state index in [-0.39, 0.29) is 6.04 Å². The summed E-state index contributed by atoms with van der Waals surface area (Å²) in [4.78, 5) is 0. The molecule has 1 unspecified atom stereocenters. The fraction of sp³-hybridized carbons (Fsp3) is 0.600. The van der Waals surface area contributed by atoms with Crippen LogP contribution in [0.25, 0.3) is 0 Å². The van der Waals surface area contributed by atoms with Gasteiger partial charge in [0.1, 0.15) is 0 Å². The molecule has 0 heterocycles. The summed E-state index contributed by atoms with van der Waals surface area (Å²) >= 11 is 0. The summed E-state index contributed by atoms with van der Waals surface area (Å²) in [5.41, 5.74) is 12.3. The average Bonchev–Trinajstić information content (AvgIpc) is 2.27. The molecule has 1 aromatic rings. The van der Waals surface area contributed by atoms with Crippen LogP contribution < -0.4 is 5.73 Å². The third-order valence-corrected chi connectivity index (χ3v) is 4.00. The second-order valence-corrected chi connectivity index (χ2v) is 6.11. The minimum Gasteiger partial charge on any atom is -0.324 e. The monoisotopic (exact) mass is 217 g/mol. The van der Waals surface area contributed by atoms with Crippen molar-refractivity contribution in [1.82, 2.24) is 0 Å². The van der Waals surface area contributed by atoms with Crippen LogP contribution in [0.4, 0.5) is 0 Å². The summed E-state index contributed by atoms with van der Waals surface area (Å²) in [6.45, 7) is 9.03. The van der Waals surface area contributed by atoms with Gasteiger partial charge in [-0.15, -0.1) is 0 Å². The Hall–Kier alpha value is -0.820. The van der Waals surface area contributed by atoms with Gasteiger partial charge in [0.05, 0.1) is 0 Å². The number of nitrogens with two attached hydrogens (primary N) is 1. The molecule has 0 amide bonds. The highest BCUT2D eigenvalue weighted by molar-refractivity contribution is 5.39. The molecule has 0 fully saturated rings. The molecule has 1 atom stereocenters. The van der Waals surface area contributed by atoms with E-state index in [0.717, 1.165) is 6.42 Å². The second kappa shape index (κ2) is 3.89. The molecule has 0 bridgehead atoms. The van der Waals surface area contributed by atoms with Crippen LogP contribution in [0.5, 0.6) is 0 Å². The number of rotatable bonds is 0. The van der Waals surface area contributed by atoms with Crippen molar-refractivity contribution in [2.45, 2.75) is 53.0 Å². The molecule has 0 saturated carbocycles. The minimum atomic E-state index is 0.215. The molecule has 1 heteroatoms. The molecule has 0 aliphatic heterocycles. The van der Waals surface area contributed by atoms with Crippen molar-refractivity contribution >= 4 is 0 Å². The smallest absolute Gasteiger partial charge is 0.0302 e. The van der Waals surface area contributed by atoms with E-state index in [1.807, 2.05) is 0 Å². The lowest BCUT2D eigenvalue weighted by molar-refractivity contribution is 0.294. The van der Waals surface area contributed by atoms with Crippen molar-refractivity contribution < 1.29 is 0 Å². The van der Waals surface area contributed by atoms with Crippen molar-refractivity contribution in [2.75, 3.05) is 0 Å². The summed E-state index contributed by atoms with van der Waals surface area (Å²) < 4.78 is 0. The Bertz CT molecular complexity index is 404. The molecular weight excluding hydrogens is 194 g/mol. The topological polar surface area (TPSA) is 26.0 Å². The Balaban J connectivity index is 2.45. The first-order valence-corrected chi connectivity index (χ1v) is 6.25. The van der Waals surface area contributed by atoms with E-state index in [1.54, 1.807) is 0 Å². The van der Waals surface area contributed by atoms with Gasteiger partial charge in [0, 0.05) is 6.04 Å². The van der Waals surface area contributed by atoms with Gasteiger partial charge in [0.15, 0.2) is 0 Å². The summed E-state index contributed by atoms with van der Waals surface area (Å²) in [6, 6.07) is 4.86. The van der Waals surface area contributed by atoms with Crippen LogP contribution in [0.15, 0.2) is 12.1 Å². The van der Waals surface area contributed by atoms with Crippen LogP contribution in [0, 0.1) is 19.3 Å². The zero-order valence-corrected chi connectivity index (χ0v) is 10.9. The Morgan fingerprint density at radius 2 is 1.81 bits per heavy atom. The first-order chi connectivity index (χ1) is 7.39. The molecule has 1 aromatic carbocycles. The number of hydrogen-bond acceptors (Lipinski definition) is 1. The molecule has 0 saturated heterocycles. The van der Waals surface area contributed by atoms with Crippen LogP contribution in [-0.4, -0.2) is 0 Å². The largest absolute Gasteiger partial charge is 0.324 e. The normalized spacial score (nSPS) is 23.7. The Labute approximate surface area is 99.0 Å². The Morgan fingerprint density at radius 1 is 1.19 bits per heavy atom. The zero-order valence-electron chi connectivity index (χ0n) is 10.9. The molecule has 2 rings (SSSR count). The standard InChI is InChI=1S/C15H23N/c1-10-7-12-5-6-15(3,4)9-14(16)13(12)8-11(10)2/h7-8,14H,5-6,9,16H2,1-4H3. The van der Waals surface area contributed by atoms with Crippen LogP contribution >= 0.6 is 0 Å². The van der Waals surface area contributed by atoms with Crippen LogP contribution in [0.3, 0.4) is 0 Å². The molecule has 1 nitrogen and oxygen atoms in total. The van der Waals surface area contributed by atoms with Crippen LogP contribution in [-0.2, 0) is 6.42 Å². The lowest BCUT2D eigenvalue weighted by Crippen LogP contribution is -2.19. The second-order valence-electron chi connectivity index (χ2n) is 6.11. The van der Waals surface area contributed by atoms with E-state index in [2.05, 4.69) is 39.8 Å². The molecule has 0 radical (unpaired) electrons. The third kappa shape index (κ3) is 2.15. The molecule has 1 aliphatic carbocycles. The zero-order chi connectivity index (χ0) is 11.9. The maximum absolute atomic E-state index is 6.34. The van der Waals surface area contributed by atoms with Gasteiger partial charge in [-0.1, -0.05) is 26.0 Å². The van der Waals surface area contributed by atoms with Crippen molar-refractivity contribution in [3.05, 3.63) is 34.4 Å². The van der Waals surface area contributed by atoms with Crippen LogP contribution in [0.2, 0.25) is 0 Å². The average molecular weight is 217 g/mol. The highest BCUT2D eigenvalue weighted by Gasteiger charge is 2.27. The molecule has 88 valence electrons. The van der Waals surface area contributed by atoms with Crippen LogP contribution in [0.1, 0.15) is 55.0 Å². The van der Waals surface area contributed by atoms with Crippen molar-refractivity contribution in [3.8, 4) is 0 Å². The van der Waals surface area contributed by atoms with Gasteiger partial charge in [-0.25, -0.2) is 0 Å². The number of aryl methyl sites for hydroxylation is 3. The summed E-state index contributed by atoms with van der Waals surface area (Å²) in [6.07, 6.45) is 3.52. The highest BCUT2D eigenvalue weighted by Crippen LogP contribution is 2.38. The van der Waals surface area contributed by atoms with E-state index < -0.39 is 0 Å². The summed E-state index contributed by atoms with van der Waals surface area (Å²) in [5, 5.41) is 0. The molecule has 2 N–H and O–H groups in total. The molecule has 1 aliphatic rings. The van der Waals surface area contributed by atoms with Gasteiger partial charge < -0.3 is 5.73 Å². The molecular formula is C15H23N. The summed E-state index contributed by atoms with van der Waals surface area (Å²) in [5.74, 6) is 0. The van der Waals surface area contributed by atoms with E-state index in [4.69, 9.17) is 5.73 Å². The first-order valence-electron chi connectivity index (χ1n) is 6.25. The quantitative estimate of drug-likeness (QED) is 0.659. The fourth-order valence-electron chi connectivity index (χ4n) is 2.74. The van der Waals surface area contributed by atoms with Gasteiger partial charge in [-0.05, 0) is 60.8 Å². The van der Waals surface area contributed by atoms with Gasteiger partial charge in [0.2, 0.25) is 0 Å². The lowest BCUT2D eigenvalue weighted by Gasteiger charge is -2.24. The Kier molecular flexibility index (Phi) is 2.83. The highest BCUT2D eigenvalue weighted by atomic mass is 14.6. The minimum absolute atomic E-state index is 0.215. The van der Waals surface area contributed by atoms with Gasteiger partial charge >= 0.3 is 0 Å². The van der Waals surface area contributed by atoms with Gasteiger partial charge in [-0.2, -0.15) is 0 Å². The number of benzene rings is 1. The molecule has 0 spiro atoms. The number of fused-ring (bicyclic) bond motifs is 1. The maximum atomic E-state index is 6.34. The van der Waals surface area contributed by atoms with Gasteiger partial charge in [-0.3, -0.25) is 0 Å². The molecule has 0 aromatic heterocycles. The first kappa shape index (κ1) is 11.7. The number of hydrogen-bond donors (Lipinski definition) is 1. The SMILES string of the molecule is Cc1cc2c(cc1C)C(N)CC(C)(C)CC2. The lowest BCUT2D eigenvalue weighted by atomic mass is 9.83. The molecule has 16 heavy (non-hydrogen) atoms. The Morgan fingerprint density at radius 3 is 2.50 bits per heavy atom. The predicted molar refractivity (Wildman–Crippen MR) is 69.6 cm³/mol. The van der Waals surface area contributed by atoms with Gasteiger partial charge in [0.25, 0.3) is 0 Å². The maximum Gasteiger partial charge on any atom is 0.0302 e. The van der Waals surface area contributed by atoms with E-state index >= 15 is 0 Å². The van der Waals surface area contributed by atoms with Crippen molar-refractivity contribution in [1.29, 1.82) is 0 Å². The van der Waals surface area contributed by atoms with E-state index in [1.165, 1.54) is 35.1 Å². The third-order valence-electron chi connectivity index (χ3n) is 4.00. The van der Waals surface area contributed by atoms with Crippen molar-refractivity contribution in [2.24, 2.45) is 11.1 Å². The fourth-order valence-corrected chi connectivity index (χ4v) is 2.74. The summed E-state index contributed by atoms with van der Waals surface area (Å²) in [7, 11) is 0. The van der Waals surface area contributed by atoms with E-state index in [9.17, 15) is 0 Å². The predicted octanol–water partition coefficient (Wildman–Crippen LogP) is 3.67. The van der Waals surface area contributed by atoms with E-state index in [0.29, 0.717) is 5.41 Å². The van der Waals surface area contributed by atoms with Crippen molar-refractivity contribution in [3.63, 3.8) is 0 Å².